The summed E-state index contributed by atoms with van der Waals surface area (Å²) in [6.45, 7) is 6.92. The highest BCUT2D eigenvalue weighted by molar-refractivity contribution is 6.46. The molecule has 34 heavy (non-hydrogen) atoms. The van der Waals surface area contributed by atoms with Gasteiger partial charge in [0.1, 0.15) is 11.5 Å². The maximum absolute atomic E-state index is 13.1. The Kier molecular flexibility index (Phi) is 8.01. The fraction of sp³-hybridized carbons (Fsp3) is 0.360. The van der Waals surface area contributed by atoms with Gasteiger partial charge in [-0.05, 0) is 68.0 Å². The normalized spacial score (nSPS) is 17.4. The minimum atomic E-state index is -0.848. The van der Waals surface area contributed by atoms with E-state index in [4.69, 9.17) is 4.74 Å². The summed E-state index contributed by atoms with van der Waals surface area (Å²) in [5.41, 5.74) is 0.751. The van der Waals surface area contributed by atoms with Crippen molar-refractivity contribution >= 4 is 23.1 Å². The number of methoxy groups -OCH3 is 1. The topological polar surface area (TPSA) is 113 Å². The largest absolute Gasteiger partial charge is 0.507 e. The maximum atomic E-state index is 13.1. The van der Waals surface area contributed by atoms with Crippen LogP contribution in [0.25, 0.3) is 5.76 Å². The molecule has 9 nitrogen and oxygen atoms in total. The number of non-ortho nitro benzene ring substituents is 1. The maximum Gasteiger partial charge on any atom is 0.295 e. The number of hydrogen-bond acceptors (Lipinski definition) is 7. The second kappa shape index (κ2) is 10.9. The lowest BCUT2D eigenvalue weighted by molar-refractivity contribution is -0.384. The molecule has 1 saturated heterocycles. The first kappa shape index (κ1) is 24.9. The number of carbonyl (C=O) groups excluding carboxylic acids is 2. The smallest absolute Gasteiger partial charge is 0.295 e. The molecule has 0 spiro atoms. The van der Waals surface area contributed by atoms with Gasteiger partial charge in [-0.25, -0.2) is 0 Å². The van der Waals surface area contributed by atoms with Crippen LogP contribution >= 0.6 is 0 Å². The van der Waals surface area contributed by atoms with Crippen molar-refractivity contribution in [1.82, 2.24) is 9.80 Å². The second-order valence-electron chi connectivity index (χ2n) is 7.95. The third-order valence-corrected chi connectivity index (χ3v) is 6.09. The molecule has 2 aromatic rings. The number of aliphatic hydroxyl groups is 1. The van der Waals surface area contributed by atoms with Gasteiger partial charge in [0, 0.05) is 24.2 Å². The molecule has 180 valence electrons. The van der Waals surface area contributed by atoms with Crippen LogP contribution in [0, 0.1) is 10.1 Å². The van der Waals surface area contributed by atoms with Crippen molar-refractivity contribution in [2.24, 2.45) is 0 Å². The molecule has 0 saturated carbocycles. The van der Waals surface area contributed by atoms with E-state index in [-0.39, 0.29) is 17.0 Å². The average Bonchev–Trinajstić information content (AvgIpc) is 3.11. The van der Waals surface area contributed by atoms with Gasteiger partial charge in [0.25, 0.3) is 17.4 Å². The summed E-state index contributed by atoms with van der Waals surface area (Å²) in [7, 11) is 1.52. The third kappa shape index (κ3) is 5.09. The van der Waals surface area contributed by atoms with Crippen LogP contribution in [0.15, 0.2) is 54.1 Å². The van der Waals surface area contributed by atoms with Crippen molar-refractivity contribution in [3.63, 3.8) is 0 Å². The van der Waals surface area contributed by atoms with E-state index in [2.05, 4.69) is 18.7 Å². The molecule has 9 heteroatoms. The predicted octanol–water partition coefficient (Wildman–Crippen LogP) is 3.76. The molecular formula is C25H29N3O6. The van der Waals surface area contributed by atoms with Gasteiger partial charge in [-0.3, -0.25) is 19.7 Å². The fourth-order valence-corrected chi connectivity index (χ4v) is 4.14. The summed E-state index contributed by atoms with van der Waals surface area (Å²) in [6.07, 6.45) is 0.640. The van der Waals surface area contributed by atoms with Gasteiger partial charge >= 0.3 is 0 Å². The van der Waals surface area contributed by atoms with E-state index in [1.54, 1.807) is 24.3 Å². The van der Waals surface area contributed by atoms with Crippen molar-refractivity contribution in [3.05, 3.63) is 75.3 Å². The van der Waals surface area contributed by atoms with Crippen LogP contribution in [-0.4, -0.2) is 64.8 Å². The zero-order valence-corrected chi connectivity index (χ0v) is 19.6. The molecule has 1 aliphatic rings. The standard InChI is InChI=1S/C25H29N3O6/c1-4-26(5-2)15-6-16-27-22(17-7-11-19(12-8-17)28(32)33)21(24(30)25(27)31)23(29)18-9-13-20(34-3)14-10-18/h7-14,22,29H,4-6,15-16H2,1-3H3/b23-21+. The number of benzene rings is 2. The average molecular weight is 468 g/mol. The Morgan fingerprint density at radius 1 is 1.09 bits per heavy atom. The number of likely N-dealkylation sites (tertiary alicyclic amines) is 1. The summed E-state index contributed by atoms with van der Waals surface area (Å²) >= 11 is 0. The fourth-order valence-electron chi connectivity index (χ4n) is 4.14. The van der Waals surface area contributed by atoms with Gasteiger partial charge in [0.05, 0.1) is 23.6 Å². The van der Waals surface area contributed by atoms with Crippen molar-refractivity contribution in [3.8, 4) is 5.75 Å². The number of nitro groups is 1. The van der Waals surface area contributed by atoms with Gasteiger partial charge in [0.2, 0.25) is 0 Å². The summed E-state index contributed by atoms with van der Waals surface area (Å²) < 4.78 is 5.15. The molecule has 0 aromatic heterocycles. The Hall–Kier alpha value is -3.72. The Bertz CT molecular complexity index is 1070. The molecule has 2 aromatic carbocycles. The number of nitro benzene ring substituents is 1. The molecule has 1 unspecified atom stereocenters. The third-order valence-electron chi connectivity index (χ3n) is 6.09. The van der Waals surface area contributed by atoms with Crippen molar-refractivity contribution < 1.29 is 24.4 Å². The lowest BCUT2D eigenvalue weighted by atomic mass is 9.95. The summed E-state index contributed by atoms with van der Waals surface area (Å²) in [5.74, 6) is -1.19. The first-order chi connectivity index (χ1) is 16.3. The highest BCUT2D eigenvalue weighted by Gasteiger charge is 2.45. The van der Waals surface area contributed by atoms with Gasteiger partial charge < -0.3 is 19.6 Å². The Balaban J connectivity index is 2.03. The highest BCUT2D eigenvalue weighted by Crippen LogP contribution is 2.40. The number of Topliss-reactive ketones (excluding diaryl/α,β-unsaturated/α-hetero) is 1. The van der Waals surface area contributed by atoms with E-state index in [9.17, 15) is 24.8 Å². The number of ether oxygens (including phenoxy) is 1. The van der Waals surface area contributed by atoms with E-state index in [1.807, 2.05) is 0 Å². The van der Waals surface area contributed by atoms with Crippen LogP contribution in [0.3, 0.4) is 0 Å². The predicted molar refractivity (Wildman–Crippen MR) is 128 cm³/mol. The van der Waals surface area contributed by atoms with Crippen molar-refractivity contribution in [2.45, 2.75) is 26.3 Å². The Morgan fingerprint density at radius 2 is 1.71 bits per heavy atom. The lowest BCUT2D eigenvalue weighted by Crippen LogP contribution is -2.33. The number of rotatable bonds is 10. The number of hydrogen-bond donors (Lipinski definition) is 1. The van der Waals surface area contributed by atoms with Crippen LogP contribution in [0.4, 0.5) is 5.69 Å². The monoisotopic (exact) mass is 467 g/mol. The SMILES string of the molecule is CCN(CC)CCCN1C(=O)C(=O)/C(=C(/O)c2ccc(OC)cc2)C1c1ccc([N+](=O)[O-])cc1. The number of aliphatic hydroxyl groups excluding tert-OH is 1. The minimum absolute atomic E-state index is 0.0353. The molecule has 1 heterocycles. The quantitative estimate of drug-likeness (QED) is 0.186. The molecule has 1 atom stereocenters. The number of carbonyl (C=O) groups is 2. The lowest BCUT2D eigenvalue weighted by Gasteiger charge is -2.26. The van der Waals surface area contributed by atoms with E-state index in [0.29, 0.717) is 29.8 Å². The van der Waals surface area contributed by atoms with Gasteiger partial charge in [-0.1, -0.05) is 13.8 Å². The number of ketones is 1. The first-order valence-corrected chi connectivity index (χ1v) is 11.2. The van der Waals surface area contributed by atoms with E-state index in [0.717, 1.165) is 19.6 Å². The Morgan fingerprint density at radius 3 is 2.24 bits per heavy atom. The molecule has 1 N–H and O–H groups in total. The second-order valence-corrected chi connectivity index (χ2v) is 7.95. The van der Waals surface area contributed by atoms with Crippen LogP contribution in [0.1, 0.15) is 37.4 Å². The first-order valence-electron chi connectivity index (χ1n) is 11.2. The molecular weight excluding hydrogens is 438 g/mol. The van der Waals surface area contributed by atoms with Gasteiger partial charge in [-0.2, -0.15) is 0 Å². The molecule has 0 bridgehead atoms. The molecule has 1 amide bonds. The molecule has 1 fully saturated rings. The van der Waals surface area contributed by atoms with E-state index < -0.39 is 22.7 Å². The highest BCUT2D eigenvalue weighted by atomic mass is 16.6. The van der Waals surface area contributed by atoms with Gasteiger partial charge in [-0.15, -0.1) is 0 Å². The Labute approximate surface area is 198 Å². The van der Waals surface area contributed by atoms with Gasteiger partial charge in [0.15, 0.2) is 0 Å². The van der Waals surface area contributed by atoms with Crippen molar-refractivity contribution in [1.29, 1.82) is 0 Å². The summed E-state index contributed by atoms with van der Waals surface area (Å²) in [4.78, 5) is 40.3. The molecule has 0 aliphatic carbocycles. The zero-order valence-electron chi connectivity index (χ0n) is 19.6. The summed E-state index contributed by atoms with van der Waals surface area (Å²) in [6, 6.07) is 11.4. The molecule has 0 radical (unpaired) electrons. The summed E-state index contributed by atoms with van der Waals surface area (Å²) in [5, 5.41) is 22.2. The van der Waals surface area contributed by atoms with Crippen LogP contribution < -0.4 is 4.74 Å². The van der Waals surface area contributed by atoms with Crippen LogP contribution in [0.2, 0.25) is 0 Å². The zero-order chi connectivity index (χ0) is 24.8. The van der Waals surface area contributed by atoms with E-state index >= 15 is 0 Å². The van der Waals surface area contributed by atoms with Crippen LogP contribution in [0.5, 0.6) is 5.75 Å². The number of amides is 1. The van der Waals surface area contributed by atoms with E-state index in [1.165, 1.54) is 36.3 Å². The number of nitrogens with zero attached hydrogens (tertiary/aromatic N) is 3. The molecule has 1 aliphatic heterocycles. The van der Waals surface area contributed by atoms with Crippen LogP contribution in [-0.2, 0) is 9.59 Å². The minimum Gasteiger partial charge on any atom is -0.507 e. The van der Waals surface area contributed by atoms with Crippen molar-refractivity contribution in [2.75, 3.05) is 33.3 Å². The molecule has 3 rings (SSSR count).